The molecule has 0 spiro atoms. The quantitative estimate of drug-likeness (QED) is 0.763. The molecule has 1 aliphatic carbocycles. The number of hydrogen-bond donors (Lipinski definition) is 1. The molecule has 1 N–H and O–H groups in total. The average Bonchev–Trinajstić information content (AvgIpc) is 3.03. The molecule has 4 rings (SSSR count). The summed E-state index contributed by atoms with van der Waals surface area (Å²) in [6, 6.07) is 2.01. The number of anilines is 1. The fourth-order valence-electron chi connectivity index (χ4n) is 3.74. The molecule has 0 bridgehead atoms. The summed E-state index contributed by atoms with van der Waals surface area (Å²) in [5.74, 6) is 1.99. The van der Waals surface area contributed by atoms with Gasteiger partial charge in [0.05, 0.1) is 4.70 Å². The molecular formula is C17H21NOS. The number of aryl methyl sites for hydroxylation is 1. The number of phenols is 1. The van der Waals surface area contributed by atoms with Gasteiger partial charge in [0.2, 0.25) is 0 Å². The molecule has 20 heavy (non-hydrogen) atoms. The minimum Gasteiger partial charge on any atom is -0.506 e. The molecule has 2 aliphatic rings. The number of fused-ring (bicyclic) bond motifs is 5. The van der Waals surface area contributed by atoms with Crippen LogP contribution in [0.5, 0.6) is 5.75 Å². The van der Waals surface area contributed by atoms with E-state index in [2.05, 4.69) is 38.0 Å². The maximum atomic E-state index is 10.4. The largest absolute Gasteiger partial charge is 0.506 e. The highest BCUT2D eigenvalue weighted by atomic mass is 32.1. The van der Waals surface area contributed by atoms with E-state index < -0.39 is 0 Å². The molecule has 2 unspecified atom stereocenters. The van der Waals surface area contributed by atoms with Crippen LogP contribution in [0.15, 0.2) is 11.4 Å². The molecule has 2 aromatic rings. The van der Waals surface area contributed by atoms with Crippen molar-refractivity contribution in [2.45, 2.75) is 45.6 Å². The summed E-state index contributed by atoms with van der Waals surface area (Å²) < 4.78 is 1.07. The Hall–Kier alpha value is -1.22. The third-order valence-corrected chi connectivity index (χ3v) is 5.96. The van der Waals surface area contributed by atoms with Gasteiger partial charge in [0.25, 0.3) is 0 Å². The van der Waals surface area contributed by atoms with Crippen molar-refractivity contribution in [1.29, 1.82) is 0 Å². The van der Waals surface area contributed by atoms with Gasteiger partial charge in [-0.05, 0) is 62.5 Å². The Kier molecular flexibility index (Phi) is 2.32. The Balaban J connectivity index is 2.06. The summed E-state index contributed by atoms with van der Waals surface area (Å²) >= 11 is 1.67. The lowest BCUT2D eigenvalue weighted by atomic mass is 9.92. The van der Waals surface area contributed by atoms with E-state index in [1.165, 1.54) is 28.6 Å². The standard InChI is InChI=1S/C17H21NOS/c1-9-8-20-16-13(19)6-12-15(14(9)16)11-5-10(11)7-18(12)17(2,3)4/h6,8,10-11,19H,5,7H2,1-4H3. The first kappa shape index (κ1) is 12.5. The van der Waals surface area contributed by atoms with Crippen molar-refractivity contribution in [1.82, 2.24) is 0 Å². The highest BCUT2D eigenvalue weighted by Crippen LogP contribution is 2.59. The number of phenolic OH excluding ortho intramolecular Hbond substituents is 1. The molecule has 2 atom stereocenters. The first-order valence-electron chi connectivity index (χ1n) is 7.39. The summed E-state index contributed by atoms with van der Waals surface area (Å²) in [4.78, 5) is 2.49. The first-order valence-corrected chi connectivity index (χ1v) is 8.27. The van der Waals surface area contributed by atoms with Crippen LogP contribution in [0.25, 0.3) is 10.1 Å². The summed E-state index contributed by atoms with van der Waals surface area (Å²) in [7, 11) is 0. The number of nitrogens with zero attached hydrogens (tertiary/aromatic N) is 1. The van der Waals surface area contributed by atoms with Gasteiger partial charge in [-0.15, -0.1) is 11.3 Å². The fraction of sp³-hybridized carbons (Fsp3) is 0.529. The maximum Gasteiger partial charge on any atom is 0.135 e. The Bertz CT molecular complexity index is 710. The van der Waals surface area contributed by atoms with Gasteiger partial charge < -0.3 is 10.0 Å². The van der Waals surface area contributed by atoms with E-state index in [4.69, 9.17) is 0 Å². The molecule has 3 heteroatoms. The third-order valence-electron chi connectivity index (χ3n) is 4.84. The zero-order valence-electron chi connectivity index (χ0n) is 12.5. The van der Waals surface area contributed by atoms with Crippen molar-refractivity contribution in [3.05, 3.63) is 22.6 Å². The highest BCUT2D eigenvalue weighted by molar-refractivity contribution is 7.17. The van der Waals surface area contributed by atoms with E-state index >= 15 is 0 Å². The number of hydrogen-bond acceptors (Lipinski definition) is 3. The van der Waals surface area contributed by atoms with Crippen molar-refractivity contribution < 1.29 is 5.11 Å². The highest BCUT2D eigenvalue weighted by Gasteiger charge is 2.48. The van der Waals surface area contributed by atoms with Crippen LogP contribution in [0.4, 0.5) is 5.69 Å². The van der Waals surface area contributed by atoms with Crippen molar-refractivity contribution in [2.75, 3.05) is 11.4 Å². The maximum absolute atomic E-state index is 10.4. The van der Waals surface area contributed by atoms with Gasteiger partial charge in [-0.3, -0.25) is 0 Å². The Labute approximate surface area is 124 Å². The molecule has 0 amide bonds. The van der Waals surface area contributed by atoms with Gasteiger partial charge in [-0.1, -0.05) is 0 Å². The van der Waals surface area contributed by atoms with Gasteiger partial charge in [-0.25, -0.2) is 0 Å². The molecule has 1 aromatic carbocycles. The van der Waals surface area contributed by atoms with Gasteiger partial charge in [0, 0.05) is 29.2 Å². The number of thiophene rings is 1. The predicted octanol–water partition coefficient (Wildman–Crippen LogP) is 4.64. The van der Waals surface area contributed by atoms with Crippen LogP contribution >= 0.6 is 11.3 Å². The lowest BCUT2D eigenvalue weighted by Gasteiger charge is -2.42. The van der Waals surface area contributed by atoms with E-state index in [0.29, 0.717) is 5.75 Å². The summed E-state index contributed by atoms with van der Waals surface area (Å²) in [5, 5.41) is 13.9. The molecule has 0 saturated heterocycles. The van der Waals surface area contributed by atoms with Crippen LogP contribution in [0, 0.1) is 12.8 Å². The molecule has 1 aromatic heterocycles. The topological polar surface area (TPSA) is 23.5 Å². The van der Waals surface area contributed by atoms with Gasteiger partial charge in [0.15, 0.2) is 0 Å². The second kappa shape index (κ2) is 3.70. The molecule has 2 heterocycles. The van der Waals surface area contributed by atoms with E-state index in [-0.39, 0.29) is 5.54 Å². The SMILES string of the molecule is Cc1csc2c(O)cc3c(c12)C1CC1CN3C(C)(C)C. The molecule has 1 fully saturated rings. The fourth-order valence-corrected chi connectivity index (χ4v) is 4.72. The van der Waals surface area contributed by atoms with Crippen LogP contribution in [-0.2, 0) is 0 Å². The zero-order chi connectivity index (χ0) is 14.2. The Morgan fingerprint density at radius 3 is 2.80 bits per heavy atom. The number of benzene rings is 1. The van der Waals surface area contributed by atoms with E-state index in [0.717, 1.165) is 23.1 Å². The summed E-state index contributed by atoms with van der Waals surface area (Å²) in [6.45, 7) is 10.1. The zero-order valence-corrected chi connectivity index (χ0v) is 13.3. The van der Waals surface area contributed by atoms with Crippen molar-refractivity contribution in [3.63, 3.8) is 0 Å². The first-order chi connectivity index (χ1) is 9.38. The molecule has 1 aliphatic heterocycles. The van der Waals surface area contributed by atoms with E-state index in [1.54, 1.807) is 11.3 Å². The predicted molar refractivity (Wildman–Crippen MR) is 86.2 cm³/mol. The van der Waals surface area contributed by atoms with Crippen molar-refractivity contribution >= 4 is 27.1 Å². The number of aromatic hydroxyl groups is 1. The number of rotatable bonds is 0. The van der Waals surface area contributed by atoms with Gasteiger partial charge >= 0.3 is 0 Å². The van der Waals surface area contributed by atoms with Crippen LogP contribution in [0.2, 0.25) is 0 Å². The van der Waals surface area contributed by atoms with Crippen molar-refractivity contribution in [2.24, 2.45) is 5.92 Å². The molecular weight excluding hydrogens is 266 g/mol. The lowest BCUT2D eigenvalue weighted by molar-refractivity contribution is 0.468. The summed E-state index contributed by atoms with van der Waals surface area (Å²) in [6.07, 6.45) is 1.31. The van der Waals surface area contributed by atoms with Crippen LogP contribution in [0.1, 0.15) is 44.2 Å². The second-order valence-corrected chi connectivity index (χ2v) is 8.21. The average molecular weight is 287 g/mol. The van der Waals surface area contributed by atoms with Crippen LogP contribution in [0.3, 0.4) is 0 Å². The van der Waals surface area contributed by atoms with Crippen molar-refractivity contribution in [3.8, 4) is 5.75 Å². The van der Waals surface area contributed by atoms with E-state index in [1.807, 2.05) is 6.07 Å². The van der Waals surface area contributed by atoms with Crippen LogP contribution in [-0.4, -0.2) is 17.2 Å². The summed E-state index contributed by atoms with van der Waals surface area (Å²) in [5.41, 5.74) is 4.19. The molecule has 1 saturated carbocycles. The molecule has 2 nitrogen and oxygen atoms in total. The third kappa shape index (κ3) is 1.56. The normalized spacial score (nSPS) is 24.7. The second-order valence-electron chi connectivity index (χ2n) is 7.34. The molecule has 106 valence electrons. The van der Waals surface area contributed by atoms with Crippen LogP contribution < -0.4 is 4.90 Å². The lowest BCUT2D eigenvalue weighted by Crippen LogP contribution is -2.44. The van der Waals surface area contributed by atoms with Gasteiger partial charge in [0.1, 0.15) is 5.75 Å². The minimum absolute atomic E-state index is 0.104. The van der Waals surface area contributed by atoms with E-state index in [9.17, 15) is 5.11 Å². The minimum atomic E-state index is 0.104. The van der Waals surface area contributed by atoms with Gasteiger partial charge in [-0.2, -0.15) is 0 Å². The smallest absolute Gasteiger partial charge is 0.135 e. The monoisotopic (exact) mass is 287 g/mol. The Morgan fingerprint density at radius 1 is 1.35 bits per heavy atom. The molecule has 0 radical (unpaired) electrons. The Morgan fingerprint density at radius 2 is 2.10 bits per heavy atom.